The number of carbonyl (C=O) groups is 1. The summed E-state index contributed by atoms with van der Waals surface area (Å²) < 4.78 is 4.66. The number of rotatable bonds is 4. The molecule has 0 aliphatic rings. The molecular formula is C8H8N2O4. The van der Waals surface area contributed by atoms with Gasteiger partial charge in [-0.15, -0.1) is 6.58 Å². The normalized spacial score (nSPS) is 9.43. The van der Waals surface area contributed by atoms with Crippen LogP contribution in [0.4, 0.5) is 5.88 Å². The molecule has 6 nitrogen and oxygen atoms in total. The molecule has 1 rings (SSSR count). The van der Waals surface area contributed by atoms with Crippen molar-refractivity contribution in [3.63, 3.8) is 0 Å². The molecule has 74 valence electrons. The number of nitrogens with one attached hydrogen (secondary N) is 1. The third-order valence-corrected chi connectivity index (χ3v) is 1.40. The summed E-state index contributed by atoms with van der Waals surface area (Å²) >= 11 is 0. The molecule has 0 saturated carbocycles. The SMILES string of the molecule is C=CCNC(=O)c1ccc([N+](=O)[O-])o1. The standard InChI is InChI=1S/C8H8N2O4/c1-2-5-9-8(11)6-3-4-7(14-6)10(12)13/h2-4H,1,5H2,(H,9,11). The maximum atomic E-state index is 11.2. The first kappa shape index (κ1) is 9.97. The highest BCUT2D eigenvalue weighted by Crippen LogP contribution is 2.15. The minimum atomic E-state index is -0.704. The number of carbonyl (C=O) groups excluding carboxylic acids is 1. The topological polar surface area (TPSA) is 85.4 Å². The lowest BCUT2D eigenvalue weighted by Gasteiger charge is -1.96. The van der Waals surface area contributed by atoms with Gasteiger partial charge in [0.25, 0.3) is 5.91 Å². The van der Waals surface area contributed by atoms with Crippen LogP contribution in [0, 0.1) is 10.1 Å². The van der Waals surface area contributed by atoms with Gasteiger partial charge in [0.1, 0.15) is 4.92 Å². The molecule has 0 spiro atoms. The van der Waals surface area contributed by atoms with E-state index in [-0.39, 0.29) is 12.3 Å². The largest absolute Gasteiger partial charge is 0.433 e. The zero-order valence-corrected chi connectivity index (χ0v) is 7.23. The van der Waals surface area contributed by atoms with Gasteiger partial charge in [0, 0.05) is 6.54 Å². The second-order valence-electron chi connectivity index (χ2n) is 2.39. The predicted molar refractivity (Wildman–Crippen MR) is 47.9 cm³/mol. The van der Waals surface area contributed by atoms with Crippen molar-refractivity contribution in [1.82, 2.24) is 5.32 Å². The molecule has 1 aromatic heterocycles. The Morgan fingerprint density at radius 3 is 2.93 bits per heavy atom. The molecule has 0 radical (unpaired) electrons. The Kier molecular flexibility index (Phi) is 3.01. The fourth-order valence-electron chi connectivity index (χ4n) is 0.800. The quantitative estimate of drug-likeness (QED) is 0.444. The van der Waals surface area contributed by atoms with Crippen LogP contribution in [-0.4, -0.2) is 17.4 Å². The fourth-order valence-corrected chi connectivity index (χ4v) is 0.800. The maximum Gasteiger partial charge on any atom is 0.433 e. The summed E-state index contributed by atoms with van der Waals surface area (Å²) in [6.45, 7) is 3.69. The zero-order chi connectivity index (χ0) is 10.6. The van der Waals surface area contributed by atoms with Crippen LogP contribution < -0.4 is 5.32 Å². The van der Waals surface area contributed by atoms with Crippen molar-refractivity contribution in [3.05, 3.63) is 40.7 Å². The highest BCUT2D eigenvalue weighted by molar-refractivity contribution is 5.91. The Hall–Kier alpha value is -2.11. The van der Waals surface area contributed by atoms with Crippen molar-refractivity contribution in [2.24, 2.45) is 0 Å². The number of hydrogen-bond acceptors (Lipinski definition) is 4. The van der Waals surface area contributed by atoms with Crippen molar-refractivity contribution in [2.75, 3.05) is 6.54 Å². The smallest absolute Gasteiger partial charge is 0.395 e. The summed E-state index contributed by atoms with van der Waals surface area (Å²) in [5, 5.41) is 12.6. The van der Waals surface area contributed by atoms with Gasteiger partial charge in [-0.2, -0.15) is 0 Å². The Morgan fingerprint density at radius 1 is 1.71 bits per heavy atom. The van der Waals surface area contributed by atoms with Crippen molar-refractivity contribution in [2.45, 2.75) is 0 Å². The molecule has 1 N–H and O–H groups in total. The molecule has 0 unspecified atom stereocenters. The van der Waals surface area contributed by atoms with E-state index in [0.29, 0.717) is 0 Å². The summed E-state index contributed by atoms with van der Waals surface area (Å²) in [4.78, 5) is 20.7. The minimum absolute atomic E-state index is 0.0847. The summed E-state index contributed by atoms with van der Waals surface area (Å²) in [5.74, 6) is -1.04. The first-order valence-corrected chi connectivity index (χ1v) is 3.78. The zero-order valence-electron chi connectivity index (χ0n) is 7.23. The molecule has 0 saturated heterocycles. The molecular weight excluding hydrogens is 188 g/mol. The number of hydrogen-bond donors (Lipinski definition) is 1. The fraction of sp³-hybridized carbons (Fsp3) is 0.125. The first-order chi connectivity index (χ1) is 6.65. The number of amides is 1. The second-order valence-corrected chi connectivity index (χ2v) is 2.39. The van der Waals surface area contributed by atoms with Gasteiger partial charge >= 0.3 is 5.88 Å². The van der Waals surface area contributed by atoms with E-state index >= 15 is 0 Å². The van der Waals surface area contributed by atoms with E-state index < -0.39 is 16.7 Å². The molecule has 0 aliphatic carbocycles. The van der Waals surface area contributed by atoms with Gasteiger partial charge in [-0.1, -0.05) is 6.08 Å². The van der Waals surface area contributed by atoms with Gasteiger partial charge in [0.05, 0.1) is 6.07 Å². The van der Waals surface area contributed by atoms with Crippen molar-refractivity contribution in [1.29, 1.82) is 0 Å². The van der Waals surface area contributed by atoms with Crippen LogP contribution in [-0.2, 0) is 0 Å². The van der Waals surface area contributed by atoms with Gasteiger partial charge in [-0.05, 0) is 6.07 Å². The Balaban J connectivity index is 2.71. The van der Waals surface area contributed by atoms with Gasteiger partial charge in [0.2, 0.25) is 0 Å². The van der Waals surface area contributed by atoms with Gasteiger partial charge in [0.15, 0.2) is 5.76 Å². The van der Waals surface area contributed by atoms with Gasteiger partial charge in [-0.25, -0.2) is 0 Å². The molecule has 0 aromatic carbocycles. The van der Waals surface area contributed by atoms with E-state index in [2.05, 4.69) is 16.3 Å². The van der Waals surface area contributed by atoms with E-state index in [4.69, 9.17) is 0 Å². The highest BCUT2D eigenvalue weighted by atomic mass is 16.6. The first-order valence-electron chi connectivity index (χ1n) is 3.78. The molecule has 0 fully saturated rings. The van der Waals surface area contributed by atoms with Crippen molar-refractivity contribution >= 4 is 11.8 Å². The van der Waals surface area contributed by atoms with Crippen molar-refractivity contribution in [3.8, 4) is 0 Å². The van der Waals surface area contributed by atoms with E-state index in [0.717, 1.165) is 6.07 Å². The number of nitro groups is 1. The Bertz CT molecular complexity index is 369. The lowest BCUT2D eigenvalue weighted by atomic mass is 10.4. The van der Waals surface area contributed by atoms with Crippen molar-refractivity contribution < 1.29 is 14.1 Å². The van der Waals surface area contributed by atoms with Crippen LogP contribution in [0.5, 0.6) is 0 Å². The van der Waals surface area contributed by atoms with E-state index in [1.165, 1.54) is 12.1 Å². The van der Waals surface area contributed by atoms with E-state index in [9.17, 15) is 14.9 Å². The number of furan rings is 1. The van der Waals surface area contributed by atoms with E-state index in [1.807, 2.05) is 0 Å². The van der Waals surface area contributed by atoms with Crippen LogP contribution in [0.2, 0.25) is 0 Å². The third kappa shape index (κ3) is 2.19. The Morgan fingerprint density at radius 2 is 2.43 bits per heavy atom. The molecule has 0 aliphatic heterocycles. The molecule has 14 heavy (non-hydrogen) atoms. The molecule has 0 atom stereocenters. The summed E-state index contributed by atoms with van der Waals surface area (Å²) in [5.41, 5.74) is 0. The lowest BCUT2D eigenvalue weighted by Crippen LogP contribution is -2.22. The molecule has 1 aromatic rings. The van der Waals surface area contributed by atoms with Crippen LogP contribution in [0.25, 0.3) is 0 Å². The van der Waals surface area contributed by atoms with Crippen LogP contribution in [0.15, 0.2) is 29.2 Å². The van der Waals surface area contributed by atoms with Gasteiger partial charge < -0.3 is 9.73 Å². The Labute approximate surface area is 79.4 Å². The van der Waals surface area contributed by atoms with Crippen LogP contribution in [0.1, 0.15) is 10.6 Å². The number of nitrogens with zero attached hydrogens (tertiary/aromatic N) is 1. The second kappa shape index (κ2) is 4.22. The molecule has 1 amide bonds. The minimum Gasteiger partial charge on any atom is -0.395 e. The molecule has 1 heterocycles. The highest BCUT2D eigenvalue weighted by Gasteiger charge is 2.16. The summed E-state index contributed by atoms with van der Waals surface area (Å²) in [6.07, 6.45) is 1.50. The maximum absolute atomic E-state index is 11.2. The monoisotopic (exact) mass is 196 g/mol. The predicted octanol–water partition coefficient (Wildman–Crippen LogP) is 1.10. The lowest BCUT2D eigenvalue weighted by molar-refractivity contribution is -0.402. The average molecular weight is 196 g/mol. The molecule has 6 heteroatoms. The van der Waals surface area contributed by atoms with Gasteiger partial charge in [-0.3, -0.25) is 14.9 Å². The van der Waals surface area contributed by atoms with Crippen LogP contribution in [0.3, 0.4) is 0 Å². The van der Waals surface area contributed by atoms with E-state index in [1.54, 1.807) is 0 Å². The third-order valence-electron chi connectivity index (χ3n) is 1.40. The summed E-state index contributed by atoms with van der Waals surface area (Å²) in [7, 11) is 0. The average Bonchev–Trinajstić information content (AvgIpc) is 2.62. The van der Waals surface area contributed by atoms with Crippen LogP contribution >= 0.6 is 0 Å². The summed E-state index contributed by atoms with van der Waals surface area (Å²) in [6, 6.07) is 2.37. The molecule has 0 bridgehead atoms.